The first-order chi connectivity index (χ1) is 21.2. The minimum Gasteiger partial charge on any atom is -0.440 e. The lowest BCUT2D eigenvalue weighted by atomic mass is 9.66. The van der Waals surface area contributed by atoms with Crippen molar-refractivity contribution in [1.82, 2.24) is 5.32 Å². The number of nitrogens with zero attached hydrogens (tertiary/aromatic N) is 1. The van der Waals surface area contributed by atoms with Crippen LogP contribution in [0.25, 0.3) is 11.8 Å². The highest BCUT2D eigenvalue weighted by molar-refractivity contribution is 6.00. The lowest BCUT2D eigenvalue weighted by molar-refractivity contribution is 0.433. The van der Waals surface area contributed by atoms with Gasteiger partial charge in [-0.1, -0.05) is 79.8 Å². The molecule has 10 rings (SSSR count). The second-order valence-corrected chi connectivity index (χ2v) is 13.7. The summed E-state index contributed by atoms with van der Waals surface area (Å²) in [4.78, 5) is 5.39. The van der Waals surface area contributed by atoms with E-state index in [-0.39, 0.29) is 11.5 Å². The Morgan fingerprint density at radius 1 is 0.930 bits per heavy atom. The van der Waals surface area contributed by atoms with Crippen LogP contribution in [-0.2, 0) is 16.6 Å². The van der Waals surface area contributed by atoms with E-state index in [1.807, 2.05) is 0 Å². The lowest BCUT2D eigenvalue weighted by Crippen LogP contribution is -2.45. The van der Waals surface area contributed by atoms with Crippen LogP contribution in [0.1, 0.15) is 85.6 Å². The van der Waals surface area contributed by atoms with Crippen LogP contribution >= 0.6 is 0 Å². The highest BCUT2D eigenvalue weighted by atomic mass is 16.5. The Hall–Kier alpha value is -4.11. The molecular weight excluding hydrogens is 524 g/mol. The van der Waals surface area contributed by atoms with Crippen LogP contribution in [0.3, 0.4) is 0 Å². The number of hydrogen-bond acceptors (Lipinski definition) is 3. The average molecular weight is 561 g/mol. The van der Waals surface area contributed by atoms with Gasteiger partial charge in [0.15, 0.2) is 0 Å². The Balaban J connectivity index is 1.06. The number of allylic oxidation sites excluding steroid dienone is 8. The molecule has 3 nitrogen and oxygen atoms in total. The maximum atomic E-state index is 6.55. The van der Waals surface area contributed by atoms with E-state index in [1.54, 1.807) is 16.7 Å². The third-order valence-electron chi connectivity index (χ3n) is 11.4. The minimum atomic E-state index is -0.202. The summed E-state index contributed by atoms with van der Waals surface area (Å²) in [7, 11) is 0. The van der Waals surface area contributed by atoms with Crippen LogP contribution in [0.4, 0.5) is 0 Å². The largest absolute Gasteiger partial charge is 0.440 e. The lowest BCUT2D eigenvalue weighted by Gasteiger charge is -2.40. The first-order valence-corrected chi connectivity index (χ1v) is 16.4. The molecule has 4 unspecified atom stereocenters. The summed E-state index contributed by atoms with van der Waals surface area (Å²) in [6.07, 6.45) is 23.3. The fraction of sp³-hybridized carbons (Fsp3) is 0.325. The summed E-state index contributed by atoms with van der Waals surface area (Å²) in [5, 5.41) is 4.18. The maximum Gasteiger partial charge on any atom is 0.222 e. The van der Waals surface area contributed by atoms with Crippen LogP contribution in [0.2, 0.25) is 0 Å². The fourth-order valence-corrected chi connectivity index (χ4v) is 9.51. The van der Waals surface area contributed by atoms with E-state index < -0.39 is 0 Å². The predicted octanol–water partition coefficient (Wildman–Crippen LogP) is 8.74. The molecule has 6 aliphatic carbocycles. The molecule has 1 spiro atoms. The molecule has 2 aromatic rings. The summed E-state index contributed by atoms with van der Waals surface area (Å²) in [6.45, 7) is 2.31. The summed E-state index contributed by atoms with van der Waals surface area (Å²) in [6, 6.07) is 16.2. The topological polar surface area (TPSA) is 33.6 Å². The monoisotopic (exact) mass is 560 g/mol. The van der Waals surface area contributed by atoms with Crippen LogP contribution in [0.5, 0.6) is 0 Å². The zero-order valence-corrected chi connectivity index (χ0v) is 24.7. The predicted molar refractivity (Wildman–Crippen MR) is 173 cm³/mol. The molecule has 2 heterocycles. The molecule has 212 valence electrons. The third-order valence-corrected chi connectivity index (χ3v) is 11.4. The van der Waals surface area contributed by atoms with E-state index in [4.69, 9.17) is 9.73 Å². The summed E-state index contributed by atoms with van der Waals surface area (Å²) in [5.74, 6) is 2.76. The minimum absolute atomic E-state index is 0.00982. The second-order valence-electron chi connectivity index (χ2n) is 13.7. The second kappa shape index (κ2) is 8.72. The number of ether oxygens (including phenoxy) is 1. The highest BCUT2D eigenvalue weighted by Gasteiger charge is 2.57. The van der Waals surface area contributed by atoms with E-state index in [1.165, 1.54) is 70.3 Å². The van der Waals surface area contributed by atoms with Gasteiger partial charge in [-0.05, 0) is 108 Å². The van der Waals surface area contributed by atoms with E-state index in [0.717, 1.165) is 43.0 Å². The quantitative estimate of drug-likeness (QED) is 0.378. The number of nitrogens with one attached hydrogen (secondary N) is 1. The van der Waals surface area contributed by atoms with Gasteiger partial charge in [-0.3, -0.25) is 0 Å². The zero-order chi connectivity index (χ0) is 28.3. The SMILES string of the molecule is CC1C=Cc2ccc(C3C=CC4=C(C3)C3NC5=C(N=C3O4)c3ccccc3C53C4=C(C=CCC4)C4=C3CCCC4)cc2C1. The standard InChI is InChI=1S/C40H36N2O/c1-23-14-15-24-16-17-25(21-27(24)20-23)26-18-19-35-31(22-26)37-39(43-35)42-36-30-10-4-7-13-34(30)40(38(36)41-37)32-11-5-2-8-28(32)29-9-3-6-12-33(29)40/h2,4,7-8,10,13-19,21,23,26,37,41H,3,5-6,9,11-12,20,22H2,1H3. The molecule has 3 heteroatoms. The third kappa shape index (κ3) is 3.18. The van der Waals surface area contributed by atoms with Crippen LogP contribution in [0.15, 0.2) is 117 Å². The Kier molecular flexibility index (Phi) is 4.94. The molecule has 4 atom stereocenters. The Morgan fingerprint density at radius 2 is 1.86 bits per heavy atom. The van der Waals surface area contributed by atoms with Gasteiger partial charge in [0.1, 0.15) is 11.8 Å². The first-order valence-electron chi connectivity index (χ1n) is 16.4. The van der Waals surface area contributed by atoms with Crippen molar-refractivity contribution in [3.8, 4) is 0 Å². The molecule has 8 aliphatic rings. The van der Waals surface area contributed by atoms with E-state index >= 15 is 0 Å². The number of hydrogen-bond donors (Lipinski definition) is 1. The summed E-state index contributed by atoms with van der Waals surface area (Å²) >= 11 is 0. The van der Waals surface area contributed by atoms with E-state index in [0.29, 0.717) is 11.8 Å². The zero-order valence-electron chi connectivity index (χ0n) is 24.7. The molecule has 2 aromatic carbocycles. The van der Waals surface area contributed by atoms with Gasteiger partial charge in [0, 0.05) is 17.1 Å². The van der Waals surface area contributed by atoms with Crippen molar-refractivity contribution in [2.75, 3.05) is 0 Å². The molecule has 2 aliphatic heterocycles. The number of rotatable bonds is 1. The number of benzene rings is 2. The van der Waals surface area contributed by atoms with Crippen molar-refractivity contribution in [2.45, 2.75) is 75.7 Å². The van der Waals surface area contributed by atoms with Crippen LogP contribution in [-0.4, -0.2) is 11.9 Å². The molecular formula is C40H36N2O. The Labute approximate surface area is 253 Å². The first kappa shape index (κ1) is 24.3. The van der Waals surface area contributed by atoms with Gasteiger partial charge in [0.2, 0.25) is 5.90 Å². The fourth-order valence-electron chi connectivity index (χ4n) is 9.51. The van der Waals surface area contributed by atoms with Gasteiger partial charge in [-0.25, -0.2) is 4.99 Å². The van der Waals surface area contributed by atoms with Crippen molar-refractivity contribution < 1.29 is 4.74 Å². The van der Waals surface area contributed by atoms with Gasteiger partial charge in [-0.15, -0.1) is 0 Å². The van der Waals surface area contributed by atoms with Crippen molar-refractivity contribution in [1.29, 1.82) is 0 Å². The Morgan fingerprint density at radius 3 is 2.84 bits per heavy atom. The van der Waals surface area contributed by atoms with E-state index in [2.05, 4.69) is 91.2 Å². The molecule has 0 aromatic heterocycles. The average Bonchev–Trinajstić information content (AvgIpc) is 3.66. The molecule has 0 saturated carbocycles. The van der Waals surface area contributed by atoms with Gasteiger partial charge in [0.25, 0.3) is 0 Å². The van der Waals surface area contributed by atoms with Crippen molar-refractivity contribution in [2.24, 2.45) is 10.9 Å². The summed E-state index contributed by atoms with van der Waals surface area (Å²) in [5.41, 5.74) is 16.9. The number of aliphatic imine (C=N–C) groups is 1. The molecule has 1 N–H and O–H groups in total. The van der Waals surface area contributed by atoms with Crippen molar-refractivity contribution in [3.63, 3.8) is 0 Å². The number of fused-ring (bicyclic) bond motifs is 10. The normalized spacial score (nSPS) is 30.8. The Bertz CT molecular complexity index is 1900. The smallest absolute Gasteiger partial charge is 0.222 e. The van der Waals surface area contributed by atoms with Gasteiger partial charge in [-0.2, -0.15) is 0 Å². The van der Waals surface area contributed by atoms with Crippen molar-refractivity contribution in [3.05, 3.63) is 140 Å². The molecule has 0 saturated heterocycles. The van der Waals surface area contributed by atoms with Crippen LogP contribution in [0, 0.1) is 5.92 Å². The summed E-state index contributed by atoms with van der Waals surface area (Å²) < 4.78 is 6.55. The molecule has 43 heavy (non-hydrogen) atoms. The van der Waals surface area contributed by atoms with Crippen LogP contribution < -0.4 is 5.32 Å². The molecule has 0 bridgehead atoms. The van der Waals surface area contributed by atoms with Gasteiger partial charge in [0.05, 0.1) is 16.8 Å². The van der Waals surface area contributed by atoms with Crippen molar-refractivity contribution >= 4 is 17.7 Å². The molecule has 0 amide bonds. The molecule has 0 radical (unpaired) electrons. The maximum absolute atomic E-state index is 6.55. The van der Waals surface area contributed by atoms with Gasteiger partial charge < -0.3 is 10.1 Å². The highest BCUT2D eigenvalue weighted by Crippen LogP contribution is 2.64. The molecule has 0 fully saturated rings. The van der Waals surface area contributed by atoms with Gasteiger partial charge >= 0.3 is 0 Å². The van der Waals surface area contributed by atoms with E-state index in [9.17, 15) is 0 Å².